The minimum absolute atomic E-state index is 0.990. The molecule has 1 heteroatoms. The third-order valence-electron chi connectivity index (χ3n) is 2.26. The van der Waals surface area contributed by atoms with Gasteiger partial charge in [-0.2, -0.15) is 0 Å². The zero-order valence-electron chi connectivity index (χ0n) is 8.52. The normalized spacial score (nSPS) is 10.2. The first-order valence-corrected chi connectivity index (χ1v) is 5.92. The summed E-state index contributed by atoms with van der Waals surface area (Å²) in [5.41, 5.74) is 2.44. The first-order chi connectivity index (χ1) is 7.36. The van der Waals surface area contributed by atoms with Crippen LogP contribution in [0.3, 0.4) is 0 Å². The third kappa shape index (κ3) is 2.87. The van der Waals surface area contributed by atoms with Crippen LogP contribution in [0, 0.1) is 6.92 Å². The van der Waals surface area contributed by atoms with Crippen molar-refractivity contribution in [1.82, 2.24) is 0 Å². The Hall–Kier alpha value is -1.21. The van der Waals surface area contributed by atoms with Crippen molar-refractivity contribution in [2.75, 3.05) is 0 Å². The second-order valence-corrected chi connectivity index (χ2v) is 4.42. The van der Waals surface area contributed by atoms with Gasteiger partial charge in [-0.3, -0.25) is 0 Å². The van der Waals surface area contributed by atoms with E-state index in [1.54, 1.807) is 0 Å². The molecule has 0 saturated carbocycles. The lowest BCUT2D eigenvalue weighted by Gasteiger charge is -2.04. The van der Waals surface area contributed by atoms with Crippen molar-refractivity contribution < 1.29 is 0 Å². The average molecular weight is 213 g/mol. The minimum Gasteiger partial charge on any atom is -0.121 e. The summed E-state index contributed by atoms with van der Waals surface area (Å²) >= 11 is 1.85. The summed E-state index contributed by atoms with van der Waals surface area (Å²) in [6.07, 6.45) is 0. The predicted octanol–water partition coefficient (Wildman–Crippen LogP) is 4.16. The molecule has 0 aliphatic carbocycles. The Morgan fingerprint density at radius 3 is 2.27 bits per heavy atom. The molecule has 0 nitrogen and oxygen atoms in total. The maximum atomic E-state index is 4.02. The molecule has 0 aromatic heterocycles. The molecule has 0 unspecified atom stereocenters. The maximum absolute atomic E-state index is 4.02. The highest BCUT2D eigenvalue weighted by molar-refractivity contribution is 7.98. The fraction of sp³-hybridized carbons (Fsp3) is 0.0714. The fourth-order valence-corrected chi connectivity index (χ4v) is 2.33. The molecule has 1 radical (unpaired) electrons. The van der Waals surface area contributed by atoms with Crippen LogP contribution in [0.5, 0.6) is 0 Å². The van der Waals surface area contributed by atoms with E-state index in [0.717, 1.165) is 11.3 Å². The Morgan fingerprint density at radius 1 is 0.867 bits per heavy atom. The van der Waals surface area contributed by atoms with Crippen LogP contribution in [-0.4, -0.2) is 0 Å². The molecule has 0 amide bonds. The topological polar surface area (TPSA) is 0 Å². The molecule has 0 fully saturated rings. The first kappa shape index (κ1) is 10.3. The quantitative estimate of drug-likeness (QED) is 0.690. The lowest BCUT2D eigenvalue weighted by molar-refractivity contribution is 1.35. The van der Waals surface area contributed by atoms with Crippen molar-refractivity contribution in [2.24, 2.45) is 0 Å². The second kappa shape index (κ2) is 5.04. The molecule has 0 atom stereocenters. The van der Waals surface area contributed by atoms with Gasteiger partial charge in [0.25, 0.3) is 0 Å². The third-order valence-corrected chi connectivity index (χ3v) is 3.32. The molecule has 0 spiro atoms. The van der Waals surface area contributed by atoms with E-state index >= 15 is 0 Å². The summed E-state index contributed by atoms with van der Waals surface area (Å²) in [6.45, 7) is 4.02. The van der Waals surface area contributed by atoms with E-state index in [0.29, 0.717) is 0 Å². The Morgan fingerprint density at radius 2 is 1.53 bits per heavy atom. The molecule has 0 N–H and O–H groups in total. The Labute approximate surface area is 95.3 Å². The summed E-state index contributed by atoms with van der Waals surface area (Å²) in [5.74, 6) is 0.990. The second-order valence-electron chi connectivity index (χ2n) is 3.37. The van der Waals surface area contributed by atoms with Gasteiger partial charge in [0, 0.05) is 10.6 Å². The van der Waals surface area contributed by atoms with Crippen molar-refractivity contribution in [2.45, 2.75) is 10.6 Å². The molecule has 0 bridgehead atoms. The van der Waals surface area contributed by atoms with Gasteiger partial charge in [-0.05, 0) is 30.2 Å². The molecule has 75 valence electrons. The monoisotopic (exact) mass is 213 g/mol. The summed E-state index contributed by atoms with van der Waals surface area (Å²) in [7, 11) is 0. The maximum Gasteiger partial charge on any atom is 0.0234 e. The zero-order valence-corrected chi connectivity index (χ0v) is 9.34. The molecule has 0 aliphatic rings. The lowest BCUT2D eigenvalue weighted by Crippen LogP contribution is -1.84. The highest BCUT2D eigenvalue weighted by Crippen LogP contribution is 2.23. The first-order valence-electron chi connectivity index (χ1n) is 4.94. The largest absolute Gasteiger partial charge is 0.121 e. The highest BCUT2D eigenvalue weighted by atomic mass is 32.2. The van der Waals surface area contributed by atoms with Crippen LogP contribution in [0.25, 0.3) is 0 Å². The number of rotatable bonds is 3. The molecule has 0 saturated heterocycles. The average Bonchev–Trinajstić information content (AvgIpc) is 2.29. The summed E-state index contributed by atoms with van der Waals surface area (Å²) in [5, 5.41) is 0. The standard InChI is InChI=1S/C14H13S/c1-12-7-5-6-8-13(12)11-15-14-9-3-2-4-10-14/h2-10H,1,11H2. The van der Waals surface area contributed by atoms with Gasteiger partial charge in [0.2, 0.25) is 0 Å². The number of thioether (sulfide) groups is 1. The predicted molar refractivity (Wildman–Crippen MR) is 66.9 cm³/mol. The SMILES string of the molecule is [CH2]c1ccccc1CSc1ccccc1. The van der Waals surface area contributed by atoms with Crippen molar-refractivity contribution in [3.05, 3.63) is 72.6 Å². The Bertz CT molecular complexity index is 420. The molecule has 15 heavy (non-hydrogen) atoms. The number of hydrogen-bond acceptors (Lipinski definition) is 1. The van der Waals surface area contributed by atoms with Crippen molar-refractivity contribution >= 4 is 11.8 Å². The van der Waals surface area contributed by atoms with Gasteiger partial charge >= 0.3 is 0 Å². The van der Waals surface area contributed by atoms with E-state index in [4.69, 9.17) is 0 Å². The van der Waals surface area contributed by atoms with E-state index in [9.17, 15) is 0 Å². The van der Waals surface area contributed by atoms with Crippen LogP contribution >= 0.6 is 11.8 Å². The van der Waals surface area contributed by atoms with Crippen LogP contribution in [0.1, 0.15) is 11.1 Å². The van der Waals surface area contributed by atoms with E-state index in [2.05, 4.69) is 49.4 Å². The lowest BCUT2D eigenvalue weighted by atomic mass is 10.1. The van der Waals surface area contributed by atoms with E-state index in [-0.39, 0.29) is 0 Å². The molecular weight excluding hydrogens is 200 g/mol. The number of benzene rings is 2. The van der Waals surface area contributed by atoms with Crippen molar-refractivity contribution in [1.29, 1.82) is 0 Å². The van der Waals surface area contributed by atoms with Crippen LogP contribution < -0.4 is 0 Å². The Kier molecular flexibility index (Phi) is 3.46. The molecule has 2 aromatic rings. The van der Waals surface area contributed by atoms with Crippen molar-refractivity contribution in [3.8, 4) is 0 Å². The molecule has 0 aliphatic heterocycles. The zero-order chi connectivity index (χ0) is 10.5. The summed E-state index contributed by atoms with van der Waals surface area (Å²) < 4.78 is 0. The van der Waals surface area contributed by atoms with Gasteiger partial charge in [0.1, 0.15) is 0 Å². The van der Waals surface area contributed by atoms with Crippen LogP contribution in [0.4, 0.5) is 0 Å². The van der Waals surface area contributed by atoms with Gasteiger partial charge in [-0.1, -0.05) is 42.5 Å². The van der Waals surface area contributed by atoms with E-state index in [1.165, 1.54) is 10.5 Å². The smallest absolute Gasteiger partial charge is 0.0234 e. The fourth-order valence-electron chi connectivity index (χ4n) is 1.38. The van der Waals surface area contributed by atoms with Gasteiger partial charge in [-0.15, -0.1) is 11.8 Å². The summed E-state index contributed by atoms with van der Waals surface area (Å²) in [4.78, 5) is 1.31. The molecular formula is C14H13S. The molecule has 0 heterocycles. The van der Waals surface area contributed by atoms with Gasteiger partial charge in [-0.25, -0.2) is 0 Å². The molecule has 2 aromatic carbocycles. The molecule has 2 rings (SSSR count). The minimum atomic E-state index is 0.990. The van der Waals surface area contributed by atoms with Gasteiger partial charge in [0.15, 0.2) is 0 Å². The Balaban J connectivity index is 2.03. The van der Waals surface area contributed by atoms with Crippen LogP contribution in [0.15, 0.2) is 59.5 Å². The summed E-state index contributed by atoms with van der Waals surface area (Å²) in [6, 6.07) is 18.7. The highest BCUT2D eigenvalue weighted by Gasteiger charge is 1.98. The van der Waals surface area contributed by atoms with Crippen LogP contribution in [-0.2, 0) is 5.75 Å². The van der Waals surface area contributed by atoms with Gasteiger partial charge in [0.05, 0.1) is 0 Å². The number of hydrogen-bond donors (Lipinski definition) is 0. The van der Waals surface area contributed by atoms with Crippen LogP contribution in [0.2, 0.25) is 0 Å². The van der Waals surface area contributed by atoms with E-state index in [1.807, 2.05) is 23.9 Å². The van der Waals surface area contributed by atoms with Gasteiger partial charge < -0.3 is 0 Å². The van der Waals surface area contributed by atoms with E-state index < -0.39 is 0 Å². The van der Waals surface area contributed by atoms with Crippen molar-refractivity contribution in [3.63, 3.8) is 0 Å².